The highest BCUT2D eigenvalue weighted by atomic mass is 14.9. The fourth-order valence-corrected chi connectivity index (χ4v) is 2.77. The summed E-state index contributed by atoms with van der Waals surface area (Å²) in [4.78, 5) is 13.7. The van der Waals surface area contributed by atoms with Crippen LogP contribution in [-0.2, 0) is 12.8 Å². The zero-order chi connectivity index (χ0) is 16.2. The molecule has 2 heterocycles. The van der Waals surface area contributed by atoms with Crippen LogP contribution in [0.1, 0.15) is 38.7 Å². The molecule has 0 N–H and O–H groups in total. The molecule has 0 bridgehead atoms. The van der Waals surface area contributed by atoms with Crippen LogP contribution in [0.15, 0.2) is 42.7 Å². The van der Waals surface area contributed by atoms with Crippen molar-refractivity contribution in [2.75, 3.05) is 0 Å². The first-order valence-corrected chi connectivity index (χ1v) is 8.37. The summed E-state index contributed by atoms with van der Waals surface area (Å²) in [7, 11) is 0. The van der Waals surface area contributed by atoms with E-state index in [0.29, 0.717) is 5.92 Å². The van der Waals surface area contributed by atoms with Gasteiger partial charge in [-0.15, -0.1) is 0 Å². The largest absolute Gasteiger partial charge is 0.265 e. The Bertz CT molecular complexity index is 795. The van der Waals surface area contributed by atoms with E-state index in [0.717, 1.165) is 41.7 Å². The van der Waals surface area contributed by atoms with Crippen LogP contribution in [0.3, 0.4) is 0 Å². The smallest absolute Gasteiger partial charge is 0.129 e. The molecule has 2 aromatic heterocycles. The van der Waals surface area contributed by atoms with Gasteiger partial charge in [-0.05, 0) is 54.2 Å². The second kappa shape index (κ2) is 6.86. The van der Waals surface area contributed by atoms with Crippen molar-refractivity contribution < 1.29 is 0 Å². The van der Waals surface area contributed by atoms with E-state index in [-0.39, 0.29) is 0 Å². The zero-order valence-corrected chi connectivity index (χ0v) is 14.1. The molecule has 3 aromatic rings. The molecule has 0 aliphatic rings. The molecule has 3 rings (SSSR count). The first kappa shape index (κ1) is 15.6. The Balaban J connectivity index is 2.03. The average Bonchev–Trinajstić information content (AvgIpc) is 2.59. The summed E-state index contributed by atoms with van der Waals surface area (Å²) in [6, 6.07) is 10.5. The predicted octanol–water partition coefficient (Wildman–Crippen LogP) is 4.84. The minimum absolute atomic E-state index is 0.674. The van der Waals surface area contributed by atoms with E-state index < -0.39 is 0 Å². The molecule has 118 valence electrons. The van der Waals surface area contributed by atoms with Crippen molar-refractivity contribution in [1.29, 1.82) is 0 Å². The van der Waals surface area contributed by atoms with E-state index in [1.165, 1.54) is 11.1 Å². The molecule has 23 heavy (non-hydrogen) atoms. The third kappa shape index (κ3) is 3.55. The fraction of sp³-hybridized carbons (Fsp3) is 0.350. The van der Waals surface area contributed by atoms with Crippen LogP contribution in [0.25, 0.3) is 22.0 Å². The number of hydrogen-bond acceptors (Lipinski definition) is 3. The number of benzene rings is 1. The SMILES string of the molecule is CCc1nc(CCC(C)C)nc2ccc(-c3ccncc3)cc12. The lowest BCUT2D eigenvalue weighted by molar-refractivity contribution is 0.574. The van der Waals surface area contributed by atoms with Gasteiger partial charge in [0.2, 0.25) is 0 Å². The van der Waals surface area contributed by atoms with Gasteiger partial charge in [-0.2, -0.15) is 0 Å². The highest BCUT2D eigenvalue weighted by Gasteiger charge is 2.09. The fourth-order valence-electron chi connectivity index (χ4n) is 2.77. The third-order valence-electron chi connectivity index (χ3n) is 4.11. The Labute approximate surface area is 137 Å². The maximum Gasteiger partial charge on any atom is 0.129 e. The van der Waals surface area contributed by atoms with E-state index in [1.807, 2.05) is 24.5 Å². The first-order valence-electron chi connectivity index (χ1n) is 8.37. The van der Waals surface area contributed by atoms with Gasteiger partial charge in [0.1, 0.15) is 5.82 Å². The number of nitrogens with zero attached hydrogens (tertiary/aromatic N) is 3. The van der Waals surface area contributed by atoms with Gasteiger partial charge in [-0.1, -0.05) is 26.8 Å². The minimum Gasteiger partial charge on any atom is -0.265 e. The van der Waals surface area contributed by atoms with E-state index >= 15 is 0 Å². The Morgan fingerprint density at radius 3 is 2.43 bits per heavy atom. The number of aromatic nitrogens is 3. The molecule has 0 radical (unpaired) electrons. The van der Waals surface area contributed by atoms with Gasteiger partial charge >= 0.3 is 0 Å². The Morgan fingerprint density at radius 1 is 0.957 bits per heavy atom. The van der Waals surface area contributed by atoms with Crippen LogP contribution < -0.4 is 0 Å². The highest BCUT2D eigenvalue weighted by Crippen LogP contribution is 2.25. The Kier molecular flexibility index (Phi) is 4.65. The lowest BCUT2D eigenvalue weighted by Gasteiger charge is -2.10. The summed E-state index contributed by atoms with van der Waals surface area (Å²) >= 11 is 0. The summed E-state index contributed by atoms with van der Waals surface area (Å²) in [5, 5.41) is 1.16. The van der Waals surface area contributed by atoms with E-state index in [4.69, 9.17) is 9.97 Å². The van der Waals surface area contributed by atoms with Crippen molar-refractivity contribution in [3.05, 3.63) is 54.2 Å². The van der Waals surface area contributed by atoms with Crippen molar-refractivity contribution in [3.8, 4) is 11.1 Å². The molecular weight excluding hydrogens is 282 g/mol. The maximum atomic E-state index is 4.80. The van der Waals surface area contributed by atoms with Crippen molar-refractivity contribution in [2.24, 2.45) is 5.92 Å². The number of pyridine rings is 1. The van der Waals surface area contributed by atoms with Crippen molar-refractivity contribution >= 4 is 10.9 Å². The number of rotatable bonds is 5. The normalized spacial score (nSPS) is 11.3. The molecule has 0 fully saturated rings. The number of aryl methyl sites for hydroxylation is 2. The van der Waals surface area contributed by atoms with Crippen LogP contribution in [0.4, 0.5) is 0 Å². The van der Waals surface area contributed by atoms with Crippen LogP contribution in [0.2, 0.25) is 0 Å². The van der Waals surface area contributed by atoms with Crippen molar-refractivity contribution in [2.45, 2.75) is 40.0 Å². The van der Waals surface area contributed by atoms with Gasteiger partial charge in [-0.25, -0.2) is 9.97 Å². The monoisotopic (exact) mass is 305 g/mol. The summed E-state index contributed by atoms with van der Waals surface area (Å²) in [6.07, 6.45) is 6.65. The molecule has 1 aromatic carbocycles. The van der Waals surface area contributed by atoms with Crippen molar-refractivity contribution in [1.82, 2.24) is 15.0 Å². The highest BCUT2D eigenvalue weighted by molar-refractivity contribution is 5.86. The van der Waals surface area contributed by atoms with Gasteiger partial charge in [0.05, 0.1) is 11.2 Å². The predicted molar refractivity (Wildman–Crippen MR) is 95.3 cm³/mol. The van der Waals surface area contributed by atoms with E-state index in [2.05, 4.69) is 44.0 Å². The molecule has 0 amide bonds. The quantitative estimate of drug-likeness (QED) is 0.677. The minimum atomic E-state index is 0.674. The standard InChI is InChI=1S/C20H23N3/c1-4-18-17-13-16(15-9-11-21-12-10-15)6-7-19(17)23-20(22-18)8-5-14(2)3/h6-7,9-14H,4-5,8H2,1-3H3. The number of fused-ring (bicyclic) bond motifs is 1. The molecule has 0 saturated heterocycles. The lowest BCUT2D eigenvalue weighted by Crippen LogP contribution is -2.03. The summed E-state index contributed by atoms with van der Waals surface area (Å²) in [5.41, 5.74) is 4.55. The van der Waals surface area contributed by atoms with E-state index in [1.54, 1.807) is 0 Å². The second-order valence-corrected chi connectivity index (χ2v) is 6.34. The summed E-state index contributed by atoms with van der Waals surface area (Å²) in [5.74, 6) is 1.65. The molecule has 0 aliphatic carbocycles. The Hall–Kier alpha value is -2.29. The van der Waals surface area contributed by atoms with Crippen LogP contribution in [0, 0.1) is 5.92 Å². The summed E-state index contributed by atoms with van der Waals surface area (Å²) in [6.45, 7) is 6.64. The third-order valence-corrected chi connectivity index (χ3v) is 4.11. The lowest BCUT2D eigenvalue weighted by atomic mass is 10.0. The molecule has 0 saturated carbocycles. The molecule has 3 heteroatoms. The van der Waals surface area contributed by atoms with Gasteiger partial charge in [0.25, 0.3) is 0 Å². The zero-order valence-electron chi connectivity index (χ0n) is 14.1. The second-order valence-electron chi connectivity index (χ2n) is 6.34. The summed E-state index contributed by atoms with van der Waals surface area (Å²) < 4.78 is 0. The molecule has 0 atom stereocenters. The maximum absolute atomic E-state index is 4.80. The van der Waals surface area contributed by atoms with Crippen molar-refractivity contribution in [3.63, 3.8) is 0 Å². The van der Waals surface area contributed by atoms with Crippen LogP contribution in [-0.4, -0.2) is 15.0 Å². The van der Waals surface area contributed by atoms with E-state index in [9.17, 15) is 0 Å². The van der Waals surface area contributed by atoms with Gasteiger partial charge in [0, 0.05) is 24.2 Å². The van der Waals surface area contributed by atoms with Gasteiger partial charge in [-0.3, -0.25) is 4.98 Å². The first-order chi connectivity index (χ1) is 11.2. The van der Waals surface area contributed by atoms with Gasteiger partial charge < -0.3 is 0 Å². The van der Waals surface area contributed by atoms with Crippen LogP contribution in [0.5, 0.6) is 0 Å². The van der Waals surface area contributed by atoms with Gasteiger partial charge in [0.15, 0.2) is 0 Å². The number of hydrogen-bond donors (Lipinski definition) is 0. The molecule has 0 unspecified atom stereocenters. The molecule has 3 nitrogen and oxygen atoms in total. The average molecular weight is 305 g/mol. The molecule has 0 aliphatic heterocycles. The van der Waals surface area contributed by atoms with Crippen LogP contribution >= 0.6 is 0 Å². The molecular formula is C20H23N3. The topological polar surface area (TPSA) is 38.7 Å². The molecule has 0 spiro atoms. The Morgan fingerprint density at radius 2 is 1.74 bits per heavy atom.